The highest BCUT2D eigenvalue weighted by atomic mass is 35.5. The van der Waals surface area contributed by atoms with Gasteiger partial charge in [0.05, 0.1) is 40.5 Å². The number of aromatic nitrogens is 1. The molecule has 210 valence electrons. The average Bonchev–Trinajstić information content (AvgIpc) is 3.64. The van der Waals surface area contributed by atoms with Crippen LogP contribution in [0.3, 0.4) is 0 Å². The third-order valence-corrected chi connectivity index (χ3v) is 9.32. The Morgan fingerprint density at radius 3 is 2.53 bits per heavy atom. The summed E-state index contributed by atoms with van der Waals surface area (Å²) in [5.41, 5.74) is 0.527. The number of halogens is 1. The number of ether oxygens (including phenoxy) is 1. The topological polar surface area (TPSA) is 93.0 Å². The molecular formula is C33H20ClN3O5S. The lowest BCUT2D eigenvalue weighted by Gasteiger charge is -2.32. The fourth-order valence-electron chi connectivity index (χ4n) is 6.15. The number of fused-ring (bicyclic) bond motifs is 6. The molecular weight excluding hydrogens is 586 g/mol. The van der Waals surface area contributed by atoms with Crippen molar-refractivity contribution in [3.63, 3.8) is 0 Å². The minimum atomic E-state index is -1.84. The van der Waals surface area contributed by atoms with Crippen molar-refractivity contribution in [3.8, 4) is 5.75 Å². The molecule has 0 radical (unpaired) electrons. The number of carbonyl (C=O) groups excluding carboxylic acids is 2. The molecule has 2 amide bonds. The molecule has 0 fully saturated rings. The van der Waals surface area contributed by atoms with Crippen LogP contribution in [0.5, 0.6) is 5.75 Å². The molecule has 4 aromatic carbocycles. The number of hydrogen-bond acceptors (Lipinski definition) is 7. The van der Waals surface area contributed by atoms with Crippen LogP contribution >= 0.6 is 22.9 Å². The zero-order valence-electron chi connectivity index (χ0n) is 22.5. The molecule has 2 aliphatic rings. The van der Waals surface area contributed by atoms with Gasteiger partial charge in [-0.25, -0.2) is 4.98 Å². The summed E-state index contributed by atoms with van der Waals surface area (Å²) < 4.78 is 12.3. The SMILES string of the molecule is COc1ccc2nc(N3C(=O)c4oc5ccccc5c(=O)c4C34C(=O)N(Cc3ccc(Cl)cc3)c3ccccc34)sc2c1. The van der Waals surface area contributed by atoms with Crippen molar-refractivity contribution in [2.75, 3.05) is 16.9 Å². The lowest BCUT2D eigenvalue weighted by molar-refractivity contribution is -0.121. The van der Waals surface area contributed by atoms with E-state index in [1.807, 2.05) is 30.3 Å². The van der Waals surface area contributed by atoms with Gasteiger partial charge in [0.1, 0.15) is 11.3 Å². The van der Waals surface area contributed by atoms with Crippen molar-refractivity contribution < 1.29 is 18.7 Å². The smallest absolute Gasteiger partial charge is 0.297 e. The first-order chi connectivity index (χ1) is 20.9. The van der Waals surface area contributed by atoms with Crippen molar-refractivity contribution >= 4 is 66.8 Å². The Balaban J connectivity index is 1.43. The lowest BCUT2D eigenvalue weighted by Crippen LogP contribution is -2.53. The van der Waals surface area contributed by atoms with Crippen LogP contribution in [-0.2, 0) is 16.9 Å². The summed E-state index contributed by atoms with van der Waals surface area (Å²) in [7, 11) is 1.57. The molecule has 0 saturated carbocycles. The minimum Gasteiger partial charge on any atom is -0.497 e. The van der Waals surface area contributed by atoms with E-state index in [4.69, 9.17) is 25.7 Å². The number of anilines is 2. The zero-order valence-corrected chi connectivity index (χ0v) is 24.1. The van der Waals surface area contributed by atoms with Gasteiger partial charge in [0.25, 0.3) is 11.8 Å². The van der Waals surface area contributed by atoms with Crippen LogP contribution in [0.4, 0.5) is 10.8 Å². The quantitative estimate of drug-likeness (QED) is 0.227. The van der Waals surface area contributed by atoms with Crippen molar-refractivity contribution in [2.45, 2.75) is 12.1 Å². The Labute approximate surface area is 253 Å². The van der Waals surface area contributed by atoms with Crippen molar-refractivity contribution in [2.24, 2.45) is 0 Å². The first-order valence-electron chi connectivity index (χ1n) is 13.4. The molecule has 8 rings (SSSR count). The number of carbonyl (C=O) groups is 2. The Morgan fingerprint density at radius 2 is 1.72 bits per heavy atom. The van der Waals surface area contributed by atoms with Crippen LogP contribution in [-0.4, -0.2) is 23.9 Å². The summed E-state index contributed by atoms with van der Waals surface area (Å²) in [5.74, 6) is -0.597. The number of amides is 2. The second-order valence-corrected chi connectivity index (χ2v) is 11.8. The van der Waals surface area contributed by atoms with E-state index >= 15 is 4.79 Å². The Hall–Kier alpha value is -4.99. The monoisotopic (exact) mass is 605 g/mol. The maximum atomic E-state index is 15.0. The van der Waals surface area contributed by atoms with Gasteiger partial charge in [-0.15, -0.1) is 0 Å². The van der Waals surface area contributed by atoms with Gasteiger partial charge in [0.15, 0.2) is 16.1 Å². The van der Waals surface area contributed by atoms with E-state index in [1.54, 1.807) is 72.7 Å². The predicted molar refractivity (Wildman–Crippen MR) is 165 cm³/mol. The van der Waals surface area contributed by atoms with Gasteiger partial charge >= 0.3 is 0 Å². The van der Waals surface area contributed by atoms with E-state index < -0.39 is 22.8 Å². The number of thiazole rings is 1. The van der Waals surface area contributed by atoms with E-state index in [0.717, 1.165) is 10.3 Å². The van der Waals surface area contributed by atoms with Crippen LogP contribution in [0, 0.1) is 0 Å². The molecule has 10 heteroatoms. The van der Waals surface area contributed by atoms with Crippen molar-refractivity contribution in [1.82, 2.24) is 4.98 Å². The molecule has 0 N–H and O–H groups in total. The maximum absolute atomic E-state index is 15.0. The number of methoxy groups -OCH3 is 1. The lowest BCUT2D eigenvalue weighted by atomic mass is 9.84. The Bertz CT molecular complexity index is 2210. The molecule has 1 atom stereocenters. The Morgan fingerprint density at radius 1 is 0.953 bits per heavy atom. The number of para-hydroxylation sites is 2. The van der Waals surface area contributed by atoms with Crippen LogP contribution in [0.1, 0.15) is 27.2 Å². The summed E-state index contributed by atoms with van der Waals surface area (Å²) in [4.78, 5) is 51.6. The molecule has 43 heavy (non-hydrogen) atoms. The minimum absolute atomic E-state index is 0.0101. The number of nitrogens with zero attached hydrogens (tertiary/aromatic N) is 3. The highest BCUT2D eigenvalue weighted by molar-refractivity contribution is 7.22. The van der Waals surface area contributed by atoms with E-state index in [-0.39, 0.29) is 34.0 Å². The van der Waals surface area contributed by atoms with Gasteiger partial charge in [0, 0.05) is 10.6 Å². The van der Waals surface area contributed by atoms with Crippen LogP contribution in [0.25, 0.3) is 21.2 Å². The standard InChI is InChI=1S/C33H20ClN3O5S/c1-41-20-14-15-23-26(16-20)43-32(35-23)37-30(39)29-27(28(38)21-6-2-5-9-25(21)42-29)33(37)22-7-3-4-8-24(22)36(31(33)40)17-18-10-12-19(34)13-11-18/h2-16H,17H2,1H3. The zero-order chi connectivity index (χ0) is 29.5. The first kappa shape index (κ1) is 25.7. The van der Waals surface area contributed by atoms with E-state index in [2.05, 4.69) is 0 Å². The molecule has 2 aliphatic heterocycles. The third kappa shape index (κ3) is 3.49. The van der Waals surface area contributed by atoms with Crippen molar-refractivity contribution in [3.05, 3.63) is 129 Å². The molecule has 0 saturated heterocycles. The van der Waals surface area contributed by atoms with E-state index in [9.17, 15) is 9.59 Å². The molecule has 1 spiro atoms. The number of hydrogen-bond donors (Lipinski definition) is 0. The highest BCUT2D eigenvalue weighted by Crippen LogP contribution is 2.55. The van der Waals surface area contributed by atoms with E-state index in [0.29, 0.717) is 27.5 Å². The second kappa shape index (κ2) is 9.26. The summed E-state index contributed by atoms with van der Waals surface area (Å²) in [6.07, 6.45) is 0. The van der Waals surface area contributed by atoms with Gasteiger partial charge in [-0.2, -0.15) is 0 Å². The van der Waals surface area contributed by atoms with Gasteiger partial charge in [0.2, 0.25) is 5.76 Å². The summed E-state index contributed by atoms with van der Waals surface area (Å²) in [6, 6.07) is 26.6. The number of benzene rings is 4. The molecule has 2 aromatic heterocycles. The molecule has 4 heterocycles. The predicted octanol–water partition coefficient (Wildman–Crippen LogP) is 6.52. The van der Waals surface area contributed by atoms with Crippen LogP contribution in [0.2, 0.25) is 5.02 Å². The average molecular weight is 606 g/mol. The highest BCUT2D eigenvalue weighted by Gasteiger charge is 2.66. The number of rotatable bonds is 4. The van der Waals surface area contributed by atoms with Gasteiger partial charge < -0.3 is 14.1 Å². The third-order valence-electron chi connectivity index (χ3n) is 8.06. The summed E-state index contributed by atoms with van der Waals surface area (Å²) in [6.45, 7) is 0.197. The Kier molecular flexibility index (Phi) is 5.53. The molecule has 0 bridgehead atoms. The molecule has 8 nitrogen and oxygen atoms in total. The first-order valence-corrected chi connectivity index (χ1v) is 14.6. The van der Waals surface area contributed by atoms with Gasteiger partial charge in [-0.05, 0) is 54.1 Å². The second-order valence-electron chi connectivity index (χ2n) is 10.3. The fourth-order valence-corrected chi connectivity index (χ4v) is 7.33. The van der Waals surface area contributed by atoms with Gasteiger partial charge in [-0.3, -0.25) is 19.3 Å². The normalized spacial score (nSPS) is 17.3. The fraction of sp³-hybridized carbons (Fsp3) is 0.0909. The van der Waals surface area contributed by atoms with Crippen LogP contribution < -0.4 is 20.0 Å². The molecule has 6 aromatic rings. The summed E-state index contributed by atoms with van der Waals surface area (Å²) in [5, 5.41) is 1.12. The van der Waals surface area contributed by atoms with Crippen molar-refractivity contribution in [1.29, 1.82) is 0 Å². The van der Waals surface area contributed by atoms with E-state index in [1.165, 1.54) is 16.2 Å². The maximum Gasteiger partial charge on any atom is 0.297 e. The van der Waals surface area contributed by atoms with Gasteiger partial charge in [-0.1, -0.05) is 65.4 Å². The largest absolute Gasteiger partial charge is 0.497 e. The molecule has 0 aliphatic carbocycles. The summed E-state index contributed by atoms with van der Waals surface area (Å²) >= 11 is 7.37. The van der Waals surface area contributed by atoms with Crippen LogP contribution in [0.15, 0.2) is 100 Å². The molecule has 1 unspecified atom stereocenters.